The van der Waals surface area contributed by atoms with Crippen molar-refractivity contribution < 1.29 is 19.8 Å². The quantitative estimate of drug-likeness (QED) is 0.759. The number of aliphatic hydroxyl groups excluding tert-OH is 1. The number of carboxylic acid groups (broad SMARTS) is 1. The largest absolute Gasteiger partial charge is 0.480 e. The third-order valence-electron chi connectivity index (χ3n) is 2.64. The molecule has 7 heteroatoms. The van der Waals surface area contributed by atoms with Crippen LogP contribution >= 0.6 is 23.1 Å². The summed E-state index contributed by atoms with van der Waals surface area (Å²) < 4.78 is 0. The number of nitrogens with one attached hydrogen (secondary N) is 1. The Balaban J connectivity index is 2.09. The minimum absolute atomic E-state index is 0.430. The van der Waals surface area contributed by atoms with E-state index in [0.717, 1.165) is 23.5 Å². The Morgan fingerprint density at radius 3 is 2.89 bits per heavy atom. The van der Waals surface area contributed by atoms with Crippen molar-refractivity contribution in [3.63, 3.8) is 0 Å². The van der Waals surface area contributed by atoms with Gasteiger partial charge >= 0.3 is 5.97 Å². The van der Waals surface area contributed by atoms with Gasteiger partial charge in [-0.2, -0.15) is 11.8 Å². The SMILES string of the molecule is O=C(NC(CO)C(=O)O)c1cc2c(s1)CCSC2. The first-order chi connectivity index (χ1) is 8.61. The molecule has 18 heavy (non-hydrogen) atoms. The van der Waals surface area contributed by atoms with Crippen molar-refractivity contribution in [2.24, 2.45) is 0 Å². The lowest BCUT2D eigenvalue weighted by Crippen LogP contribution is -2.43. The Morgan fingerprint density at radius 2 is 2.28 bits per heavy atom. The van der Waals surface area contributed by atoms with Crippen LogP contribution < -0.4 is 5.32 Å². The van der Waals surface area contributed by atoms with E-state index in [2.05, 4.69) is 5.32 Å². The molecule has 0 fully saturated rings. The standard InChI is InChI=1S/C11H13NO4S2/c13-4-7(11(15)16)12-10(14)9-3-6-5-17-2-1-8(6)18-9/h3,7,13H,1-2,4-5H2,(H,12,14)(H,15,16). The zero-order chi connectivity index (χ0) is 13.1. The molecule has 1 aliphatic heterocycles. The predicted octanol–water partition coefficient (Wildman–Crippen LogP) is 0.713. The Bertz CT molecular complexity index is 448. The van der Waals surface area contributed by atoms with E-state index in [0.29, 0.717) is 4.88 Å². The van der Waals surface area contributed by atoms with Crippen molar-refractivity contribution in [1.29, 1.82) is 0 Å². The van der Waals surface area contributed by atoms with E-state index < -0.39 is 24.5 Å². The lowest BCUT2D eigenvalue weighted by atomic mass is 10.2. The van der Waals surface area contributed by atoms with Crippen LogP contribution in [0.2, 0.25) is 0 Å². The molecular weight excluding hydrogens is 274 g/mol. The second kappa shape index (κ2) is 5.73. The molecule has 0 aromatic carbocycles. The maximum Gasteiger partial charge on any atom is 0.328 e. The van der Waals surface area contributed by atoms with Crippen LogP contribution in [0.5, 0.6) is 0 Å². The van der Waals surface area contributed by atoms with Gasteiger partial charge in [0.1, 0.15) is 0 Å². The van der Waals surface area contributed by atoms with Crippen LogP contribution in [-0.4, -0.2) is 40.5 Å². The van der Waals surface area contributed by atoms with Crippen LogP contribution in [0.4, 0.5) is 0 Å². The molecule has 3 N–H and O–H groups in total. The summed E-state index contributed by atoms with van der Waals surface area (Å²) >= 11 is 3.23. The number of carboxylic acids is 1. The first-order valence-corrected chi connectivity index (χ1v) is 7.42. The predicted molar refractivity (Wildman–Crippen MR) is 70.2 cm³/mol. The van der Waals surface area contributed by atoms with Crippen LogP contribution in [0.25, 0.3) is 0 Å². The Labute approximate surface area is 112 Å². The van der Waals surface area contributed by atoms with E-state index in [9.17, 15) is 9.59 Å². The summed E-state index contributed by atoms with van der Waals surface area (Å²) in [5, 5.41) is 19.9. The number of hydrogen-bond donors (Lipinski definition) is 3. The average Bonchev–Trinajstić information content (AvgIpc) is 2.79. The molecule has 1 aromatic heterocycles. The maximum atomic E-state index is 11.9. The lowest BCUT2D eigenvalue weighted by molar-refractivity contribution is -0.140. The maximum absolute atomic E-state index is 11.9. The van der Waals surface area contributed by atoms with E-state index in [1.807, 2.05) is 17.8 Å². The normalized spacial score (nSPS) is 15.8. The number of aryl methyl sites for hydroxylation is 1. The Kier molecular flexibility index (Phi) is 4.26. The molecule has 1 aromatic rings. The van der Waals surface area contributed by atoms with Gasteiger partial charge in [0, 0.05) is 10.6 Å². The molecule has 0 radical (unpaired) electrons. The van der Waals surface area contributed by atoms with Gasteiger partial charge in [0.15, 0.2) is 6.04 Å². The molecule has 0 bridgehead atoms. The van der Waals surface area contributed by atoms with Gasteiger partial charge in [-0.15, -0.1) is 11.3 Å². The molecule has 1 unspecified atom stereocenters. The van der Waals surface area contributed by atoms with E-state index in [4.69, 9.17) is 10.2 Å². The van der Waals surface area contributed by atoms with E-state index >= 15 is 0 Å². The molecule has 0 spiro atoms. The van der Waals surface area contributed by atoms with Crippen molar-refractivity contribution in [1.82, 2.24) is 5.32 Å². The van der Waals surface area contributed by atoms with E-state index in [1.54, 1.807) is 0 Å². The van der Waals surface area contributed by atoms with Gasteiger partial charge in [-0.25, -0.2) is 4.79 Å². The van der Waals surface area contributed by atoms with Gasteiger partial charge < -0.3 is 15.5 Å². The van der Waals surface area contributed by atoms with Crippen molar-refractivity contribution >= 4 is 35.0 Å². The monoisotopic (exact) mass is 287 g/mol. The van der Waals surface area contributed by atoms with E-state index in [-0.39, 0.29) is 0 Å². The van der Waals surface area contributed by atoms with Gasteiger partial charge in [0.25, 0.3) is 5.91 Å². The third-order valence-corrected chi connectivity index (χ3v) is 4.88. The number of rotatable bonds is 4. The zero-order valence-electron chi connectivity index (χ0n) is 9.51. The van der Waals surface area contributed by atoms with Crippen molar-refractivity contribution in [2.75, 3.05) is 12.4 Å². The minimum atomic E-state index is -1.24. The summed E-state index contributed by atoms with van der Waals surface area (Å²) in [6.07, 6.45) is 0.959. The average molecular weight is 287 g/mol. The number of thioether (sulfide) groups is 1. The Morgan fingerprint density at radius 1 is 1.50 bits per heavy atom. The van der Waals surface area contributed by atoms with Gasteiger partial charge in [-0.3, -0.25) is 4.79 Å². The smallest absolute Gasteiger partial charge is 0.328 e. The number of thiophene rings is 1. The second-order valence-electron chi connectivity index (χ2n) is 3.91. The fourth-order valence-corrected chi connectivity index (χ4v) is 3.95. The summed E-state index contributed by atoms with van der Waals surface area (Å²) in [5.74, 6) is 0.299. The number of hydrogen-bond acceptors (Lipinski definition) is 5. The third kappa shape index (κ3) is 2.85. The number of carbonyl (C=O) groups is 2. The molecule has 98 valence electrons. The van der Waals surface area contributed by atoms with Crippen molar-refractivity contribution in [3.8, 4) is 0 Å². The van der Waals surface area contributed by atoms with Crippen molar-refractivity contribution in [3.05, 3.63) is 21.4 Å². The molecule has 1 atom stereocenters. The number of carbonyl (C=O) groups excluding carboxylic acids is 1. The van der Waals surface area contributed by atoms with E-state index in [1.165, 1.54) is 16.2 Å². The number of aliphatic carboxylic acids is 1. The Hall–Kier alpha value is -1.05. The molecular formula is C11H13NO4S2. The number of amides is 1. The highest BCUT2D eigenvalue weighted by Crippen LogP contribution is 2.31. The van der Waals surface area contributed by atoms with Crippen LogP contribution in [0.1, 0.15) is 20.1 Å². The summed E-state index contributed by atoms with van der Waals surface area (Å²) in [4.78, 5) is 24.3. The van der Waals surface area contributed by atoms with Crippen molar-refractivity contribution in [2.45, 2.75) is 18.2 Å². The van der Waals surface area contributed by atoms with Gasteiger partial charge in [0.05, 0.1) is 11.5 Å². The number of fused-ring (bicyclic) bond motifs is 1. The summed E-state index contributed by atoms with van der Waals surface area (Å²) in [6, 6.07) is 0.573. The zero-order valence-corrected chi connectivity index (χ0v) is 11.1. The molecule has 5 nitrogen and oxygen atoms in total. The molecule has 1 amide bonds. The van der Waals surface area contributed by atoms with Gasteiger partial charge in [-0.1, -0.05) is 0 Å². The lowest BCUT2D eigenvalue weighted by Gasteiger charge is -2.10. The first-order valence-electron chi connectivity index (χ1n) is 5.45. The van der Waals surface area contributed by atoms with Crippen LogP contribution in [0, 0.1) is 0 Å². The molecule has 2 heterocycles. The minimum Gasteiger partial charge on any atom is -0.480 e. The van der Waals surface area contributed by atoms with Crippen LogP contribution in [-0.2, 0) is 17.0 Å². The highest BCUT2D eigenvalue weighted by molar-refractivity contribution is 7.98. The molecule has 0 saturated carbocycles. The highest BCUT2D eigenvalue weighted by Gasteiger charge is 2.22. The van der Waals surface area contributed by atoms with Gasteiger partial charge in [-0.05, 0) is 23.8 Å². The topological polar surface area (TPSA) is 86.6 Å². The molecule has 0 saturated heterocycles. The summed E-state index contributed by atoms with van der Waals surface area (Å²) in [6.45, 7) is -0.609. The summed E-state index contributed by atoms with van der Waals surface area (Å²) in [7, 11) is 0. The second-order valence-corrected chi connectivity index (χ2v) is 6.15. The fourth-order valence-electron chi connectivity index (χ4n) is 1.67. The number of aliphatic hydroxyl groups is 1. The summed E-state index contributed by atoms with van der Waals surface area (Å²) in [5.41, 5.74) is 1.16. The molecule has 0 aliphatic carbocycles. The van der Waals surface area contributed by atoms with Crippen LogP contribution in [0.3, 0.4) is 0 Å². The highest BCUT2D eigenvalue weighted by atomic mass is 32.2. The molecule has 2 rings (SSSR count). The molecule has 1 aliphatic rings. The van der Waals surface area contributed by atoms with Gasteiger partial charge in [0.2, 0.25) is 0 Å². The fraction of sp³-hybridized carbons (Fsp3) is 0.455. The first kappa shape index (κ1) is 13.4. The van der Waals surface area contributed by atoms with Crippen LogP contribution in [0.15, 0.2) is 6.07 Å².